The fourth-order valence-electron chi connectivity index (χ4n) is 2.13. The van der Waals surface area contributed by atoms with Gasteiger partial charge >= 0.3 is 0 Å². The van der Waals surface area contributed by atoms with E-state index in [0.29, 0.717) is 10.9 Å². The van der Waals surface area contributed by atoms with Crippen molar-refractivity contribution in [1.82, 2.24) is 9.97 Å². The van der Waals surface area contributed by atoms with Gasteiger partial charge in [0.15, 0.2) is 11.2 Å². The molecule has 1 atom stereocenters. The van der Waals surface area contributed by atoms with E-state index >= 15 is 0 Å². The van der Waals surface area contributed by atoms with Gasteiger partial charge < -0.3 is 4.74 Å². The summed E-state index contributed by atoms with van der Waals surface area (Å²) in [5.41, 5.74) is 2.79. The van der Waals surface area contributed by atoms with E-state index in [1.54, 1.807) is 19.3 Å². The van der Waals surface area contributed by atoms with Gasteiger partial charge in [0, 0.05) is 23.3 Å². The van der Waals surface area contributed by atoms with E-state index in [9.17, 15) is 4.79 Å². The number of carbonyl (C=O) groups is 1. The first-order valence-corrected chi connectivity index (χ1v) is 8.40. The molecule has 3 rings (SSSR count). The Morgan fingerprint density at radius 2 is 2.17 bits per heavy atom. The fraction of sp³-hybridized carbons (Fsp3) is 0.167. The molecule has 0 saturated carbocycles. The van der Waals surface area contributed by atoms with Crippen molar-refractivity contribution in [3.63, 3.8) is 0 Å². The van der Waals surface area contributed by atoms with Gasteiger partial charge in [-0.1, -0.05) is 12.1 Å². The molecule has 1 unspecified atom stereocenters. The highest BCUT2D eigenvalue weighted by molar-refractivity contribution is 7.14. The van der Waals surface area contributed by atoms with E-state index < -0.39 is 6.10 Å². The zero-order chi connectivity index (χ0) is 16.9. The molecule has 2 heterocycles. The summed E-state index contributed by atoms with van der Waals surface area (Å²) >= 11 is 1.37. The Bertz CT molecular complexity index is 833. The lowest BCUT2D eigenvalue weighted by molar-refractivity contribution is -0.122. The molecular weight excluding hydrogens is 322 g/mol. The molecule has 0 aliphatic carbocycles. The van der Waals surface area contributed by atoms with Crippen LogP contribution >= 0.6 is 11.3 Å². The minimum absolute atomic E-state index is 0.233. The van der Waals surface area contributed by atoms with E-state index in [0.717, 1.165) is 16.8 Å². The van der Waals surface area contributed by atoms with Crippen molar-refractivity contribution in [1.29, 1.82) is 0 Å². The lowest BCUT2D eigenvalue weighted by Gasteiger charge is -2.14. The largest absolute Gasteiger partial charge is 0.481 e. The van der Waals surface area contributed by atoms with Gasteiger partial charge in [-0.25, -0.2) is 4.98 Å². The lowest BCUT2D eigenvalue weighted by Crippen LogP contribution is -2.30. The minimum Gasteiger partial charge on any atom is -0.481 e. The van der Waals surface area contributed by atoms with Crippen molar-refractivity contribution in [3.8, 4) is 17.0 Å². The fourth-order valence-corrected chi connectivity index (χ4v) is 2.85. The second-order valence-corrected chi connectivity index (χ2v) is 6.20. The quantitative estimate of drug-likeness (QED) is 0.765. The predicted octanol–water partition coefficient (Wildman–Crippen LogP) is 3.92. The summed E-state index contributed by atoms with van der Waals surface area (Å²) in [7, 11) is 0. The number of carbonyl (C=O) groups excluding carboxylic acids is 1. The van der Waals surface area contributed by atoms with Crippen LogP contribution in [0.4, 0.5) is 5.13 Å². The molecule has 5 nitrogen and oxygen atoms in total. The molecule has 0 aliphatic rings. The van der Waals surface area contributed by atoms with E-state index in [1.165, 1.54) is 11.3 Å². The molecular formula is C18H17N3O2S. The van der Waals surface area contributed by atoms with E-state index in [4.69, 9.17) is 4.74 Å². The van der Waals surface area contributed by atoms with Crippen molar-refractivity contribution < 1.29 is 9.53 Å². The maximum Gasteiger partial charge on any atom is 0.266 e. The van der Waals surface area contributed by atoms with Crippen molar-refractivity contribution in [2.24, 2.45) is 0 Å². The Balaban J connectivity index is 1.63. The molecule has 24 heavy (non-hydrogen) atoms. The van der Waals surface area contributed by atoms with Crippen LogP contribution in [0.3, 0.4) is 0 Å². The third kappa shape index (κ3) is 3.97. The maximum atomic E-state index is 12.3. The number of hydrogen-bond donors (Lipinski definition) is 1. The Morgan fingerprint density at radius 1 is 1.29 bits per heavy atom. The first-order chi connectivity index (χ1) is 11.6. The smallest absolute Gasteiger partial charge is 0.266 e. The third-order valence-electron chi connectivity index (χ3n) is 3.36. The average molecular weight is 339 g/mol. The van der Waals surface area contributed by atoms with Crippen LogP contribution in [-0.4, -0.2) is 22.0 Å². The molecule has 1 amide bonds. The van der Waals surface area contributed by atoms with Crippen molar-refractivity contribution in [3.05, 3.63) is 59.7 Å². The molecule has 0 spiro atoms. The molecule has 0 aliphatic heterocycles. The average Bonchev–Trinajstić information content (AvgIpc) is 3.04. The Hall–Kier alpha value is -2.73. The number of benzene rings is 1. The van der Waals surface area contributed by atoms with E-state index in [1.807, 2.05) is 48.7 Å². The van der Waals surface area contributed by atoms with Crippen molar-refractivity contribution in [2.75, 3.05) is 5.32 Å². The van der Waals surface area contributed by atoms with Gasteiger partial charge in [0.05, 0.1) is 5.69 Å². The first-order valence-electron chi connectivity index (χ1n) is 7.52. The number of anilines is 1. The molecule has 0 radical (unpaired) electrons. The Kier molecular flexibility index (Phi) is 4.86. The first kappa shape index (κ1) is 16.1. The molecule has 1 N–H and O–H groups in total. The van der Waals surface area contributed by atoms with Gasteiger partial charge in [-0.3, -0.25) is 15.1 Å². The van der Waals surface area contributed by atoms with Gasteiger partial charge in [0.25, 0.3) is 5.91 Å². The molecule has 0 fully saturated rings. The normalized spacial score (nSPS) is 11.8. The zero-order valence-corrected chi connectivity index (χ0v) is 14.2. The second kappa shape index (κ2) is 7.23. The number of nitrogens with one attached hydrogen (secondary N) is 1. The number of nitrogens with zero attached hydrogens (tertiary/aromatic N) is 2. The number of pyridine rings is 1. The highest BCUT2D eigenvalue weighted by atomic mass is 32.1. The van der Waals surface area contributed by atoms with Crippen molar-refractivity contribution >= 4 is 22.4 Å². The van der Waals surface area contributed by atoms with Crippen LogP contribution in [-0.2, 0) is 4.79 Å². The van der Waals surface area contributed by atoms with Gasteiger partial charge in [-0.05, 0) is 43.7 Å². The molecule has 0 bridgehead atoms. The number of hydrogen-bond acceptors (Lipinski definition) is 5. The summed E-state index contributed by atoms with van der Waals surface area (Å²) in [6, 6.07) is 11.4. The van der Waals surface area contributed by atoms with Crippen LogP contribution in [0.2, 0.25) is 0 Å². The van der Waals surface area contributed by atoms with Crippen LogP contribution in [0.15, 0.2) is 54.2 Å². The SMILES string of the molecule is Cc1cccc(OC(C)C(=O)Nc2nc(-c3cccnc3)cs2)c1. The van der Waals surface area contributed by atoms with Crippen LogP contribution < -0.4 is 10.1 Å². The molecule has 1 aromatic carbocycles. The summed E-state index contributed by atoms with van der Waals surface area (Å²) < 4.78 is 5.68. The van der Waals surface area contributed by atoms with Crippen LogP contribution in [0, 0.1) is 6.92 Å². The van der Waals surface area contributed by atoms with E-state index in [2.05, 4.69) is 15.3 Å². The van der Waals surface area contributed by atoms with Crippen LogP contribution in [0.5, 0.6) is 5.75 Å². The van der Waals surface area contributed by atoms with E-state index in [-0.39, 0.29) is 5.91 Å². The van der Waals surface area contributed by atoms with Gasteiger partial charge in [-0.15, -0.1) is 11.3 Å². The monoisotopic (exact) mass is 339 g/mol. The number of amides is 1. The topological polar surface area (TPSA) is 64.1 Å². The van der Waals surface area contributed by atoms with Gasteiger partial charge in [-0.2, -0.15) is 0 Å². The van der Waals surface area contributed by atoms with Crippen LogP contribution in [0.1, 0.15) is 12.5 Å². The predicted molar refractivity (Wildman–Crippen MR) is 95.2 cm³/mol. The summed E-state index contributed by atoms with van der Waals surface area (Å²) in [5.74, 6) is 0.441. The lowest BCUT2D eigenvalue weighted by atomic mass is 10.2. The highest BCUT2D eigenvalue weighted by Gasteiger charge is 2.16. The van der Waals surface area contributed by atoms with Gasteiger partial charge in [0.1, 0.15) is 5.75 Å². The molecule has 6 heteroatoms. The van der Waals surface area contributed by atoms with Crippen molar-refractivity contribution in [2.45, 2.75) is 20.0 Å². The van der Waals surface area contributed by atoms with Gasteiger partial charge in [0.2, 0.25) is 0 Å². The minimum atomic E-state index is -0.613. The highest BCUT2D eigenvalue weighted by Crippen LogP contribution is 2.24. The summed E-state index contributed by atoms with van der Waals surface area (Å²) in [4.78, 5) is 20.8. The Morgan fingerprint density at radius 3 is 2.92 bits per heavy atom. The third-order valence-corrected chi connectivity index (χ3v) is 4.12. The second-order valence-electron chi connectivity index (χ2n) is 5.35. The number of aryl methyl sites for hydroxylation is 1. The number of ether oxygens (including phenoxy) is 1. The Labute approximate surface area is 144 Å². The molecule has 122 valence electrons. The zero-order valence-electron chi connectivity index (χ0n) is 13.4. The number of thiazole rings is 1. The molecule has 2 aromatic heterocycles. The molecule has 0 saturated heterocycles. The number of aromatic nitrogens is 2. The summed E-state index contributed by atoms with van der Waals surface area (Å²) in [6.45, 7) is 3.69. The summed E-state index contributed by atoms with van der Waals surface area (Å²) in [6.07, 6.45) is 2.84. The number of rotatable bonds is 5. The van der Waals surface area contributed by atoms with Crippen LogP contribution in [0.25, 0.3) is 11.3 Å². The molecule has 3 aromatic rings. The summed E-state index contributed by atoms with van der Waals surface area (Å²) in [5, 5.41) is 5.22. The standard InChI is InChI=1S/C18H17N3O2S/c1-12-5-3-7-15(9-12)23-13(2)17(22)21-18-20-16(11-24-18)14-6-4-8-19-10-14/h3-11,13H,1-2H3,(H,20,21,22). The maximum absolute atomic E-state index is 12.3.